The molecule has 29 heavy (non-hydrogen) atoms. The van der Waals surface area contributed by atoms with Crippen molar-refractivity contribution >= 4 is 40.5 Å². The highest BCUT2D eigenvalue weighted by Crippen LogP contribution is 2.40. The van der Waals surface area contributed by atoms with Crippen LogP contribution in [0.2, 0.25) is 5.02 Å². The quantitative estimate of drug-likeness (QED) is 0.311. The van der Waals surface area contributed by atoms with Gasteiger partial charge in [0, 0.05) is 30.1 Å². The Labute approximate surface area is 176 Å². The molecule has 0 saturated heterocycles. The van der Waals surface area contributed by atoms with Gasteiger partial charge in [-0.3, -0.25) is 15.1 Å². The Morgan fingerprint density at radius 2 is 1.97 bits per heavy atom. The van der Waals surface area contributed by atoms with Crippen molar-refractivity contribution in [3.8, 4) is 0 Å². The number of hydrogen-bond acceptors (Lipinski definition) is 4. The molecule has 3 rings (SSSR count). The fourth-order valence-electron chi connectivity index (χ4n) is 3.88. The summed E-state index contributed by atoms with van der Waals surface area (Å²) >= 11 is 5.89. The number of rotatable bonds is 5. The third kappa shape index (κ3) is 4.20. The van der Waals surface area contributed by atoms with Gasteiger partial charge in [-0.25, -0.2) is 0 Å². The number of allylic oxidation sites excluding steroid dienone is 1. The molecule has 5 nitrogen and oxygen atoms in total. The van der Waals surface area contributed by atoms with E-state index < -0.39 is 4.92 Å². The van der Waals surface area contributed by atoms with E-state index in [2.05, 4.69) is 62.7 Å². The first kappa shape index (κ1) is 21.1. The highest BCUT2D eigenvalue weighted by atomic mass is 35.5. The van der Waals surface area contributed by atoms with E-state index in [4.69, 9.17) is 11.6 Å². The second-order valence-electron chi connectivity index (χ2n) is 8.01. The lowest BCUT2D eigenvalue weighted by Gasteiger charge is -2.43. The predicted octanol–water partition coefficient (Wildman–Crippen LogP) is 6.72. The molecular formula is C23H26ClN3O2. The summed E-state index contributed by atoms with van der Waals surface area (Å²) < 4.78 is 0. The van der Waals surface area contributed by atoms with Crippen molar-refractivity contribution in [3.05, 3.63) is 68.2 Å². The number of nitro groups is 1. The largest absolute Gasteiger partial charge is 0.362 e. The van der Waals surface area contributed by atoms with Crippen LogP contribution in [0.4, 0.5) is 17.1 Å². The summed E-state index contributed by atoms with van der Waals surface area (Å²) in [5.41, 5.74) is 6.12. The van der Waals surface area contributed by atoms with Crippen molar-refractivity contribution in [2.24, 2.45) is 4.99 Å². The molecule has 6 heteroatoms. The van der Waals surface area contributed by atoms with Crippen LogP contribution in [0.15, 0.2) is 41.4 Å². The highest BCUT2D eigenvalue weighted by molar-refractivity contribution is 6.32. The molecule has 152 valence electrons. The Morgan fingerprint density at radius 3 is 2.62 bits per heavy atom. The lowest BCUT2D eigenvalue weighted by molar-refractivity contribution is -0.384. The molecule has 1 aliphatic heterocycles. The monoisotopic (exact) mass is 411 g/mol. The Bertz CT molecular complexity index is 1030. The van der Waals surface area contributed by atoms with Crippen molar-refractivity contribution in [2.75, 3.05) is 11.4 Å². The highest BCUT2D eigenvalue weighted by Gasteiger charge is 2.31. The molecule has 0 radical (unpaired) electrons. The van der Waals surface area contributed by atoms with E-state index in [-0.39, 0.29) is 16.2 Å². The molecule has 1 heterocycles. The van der Waals surface area contributed by atoms with Crippen LogP contribution in [-0.2, 0) is 0 Å². The van der Waals surface area contributed by atoms with Crippen LogP contribution in [0.3, 0.4) is 0 Å². The summed E-state index contributed by atoms with van der Waals surface area (Å²) in [6.45, 7) is 11.9. The minimum atomic E-state index is -0.496. The summed E-state index contributed by atoms with van der Waals surface area (Å²) in [7, 11) is 0. The summed E-state index contributed by atoms with van der Waals surface area (Å²) in [5, 5.41) is 11.2. The molecule has 2 aromatic carbocycles. The van der Waals surface area contributed by atoms with E-state index in [0.29, 0.717) is 5.69 Å². The number of halogens is 1. The molecule has 0 unspecified atom stereocenters. The SMILES string of the molecule is CCCN1c2cc(C)c(C=Nc3ccc(Cl)c([N+](=O)[O-])c3)cc2C(C)=CC1(C)C. The smallest absolute Gasteiger partial charge is 0.290 e. The van der Waals surface area contributed by atoms with Crippen LogP contribution < -0.4 is 4.90 Å². The third-order valence-corrected chi connectivity index (χ3v) is 5.61. The van der Waals surface area contributed by atoms with E-state index >= 15 is 0 Å². The third-order valence-electron chi connectivity index (χ3n) is 5.29. The molecule has 0 spiro atoms. The molecule has 0 fully saturated rings. The van der Waals surface area contributed by atoms with Gasteiger partial charge in [0.25, 0.3) is 5.69 Å². The molecule has 0 atom stereocenters. The molecule has 2 aromatic rings. The molecule has 0 N–H and O–H groups in total. The minimum Gasteiger partial charge on any atom is -0.362 e. The molecule has 0 aromatic heterocycles. The Kier molecular flexibility index (Phi) is 5.80. The lowest BCUT2D eigenvalue weighted by Crippen LogP contribution is -2.45. The molecule has 1 aliphatic rings. The standard InChI is InChI=1S/C23H26ClN3O2/c1-6-9-26-21-10-15(2)17(11-19(21)16(3)13-23(26,4)5)14-25-18-7-8-20(24)22(12-18)27(28)29/h7-8,10-14H,6,9H2,1-5H3. The van der Waals surface area contributed by atoms with Crippen molar-refractivity contribution in [1.82, 2.24) is 0 Å². The number of anilines is 1. The lowest BCUT2D eigenvalue weighted by atomic mass is 9.87. The van der Waals surface area contributed by atoms with Crippen molar-refractivity contribution in [1.29, 1.82) is 0 Å². The number of hydrogen-bond donors (Lipinski definition) is 0. The maximum absolute atomic E-state index is 11.1. The molecule has 0 aliphatic carbocycles. The average Bonchev–Trinajstić information content (AvgIpc) is 2.64. The topological polar surface area (TPSA) is 58.7 Å². The number of fused-ring (bicyclic) bond motifs is 1. The second kappa shape index (κ2) is 7.99. The summed E-state index contributed by atoms with van der Waals surface area (Å²) in [6.07, 6.45) is 5.15. The van der Waals surface area contributed by atoms with E-state index in [0.717, 1.165) is 24.1 Å². The van der Waals surface area contributed by atoms with Gasteiger partial charge < -0.3 is 4.90 Å². The molecule has 0 bridgehead atoms. The fraction of sp³-hybridized carbons (Fsp3) is 0.348. The Morgan fingerprint density at radius 1 is 1.24 bits per heavy atom. The van der Waals surface area contributed by atoms with E-state index in [9.17, 15) is 10.1 Å². The van der Waals surface area contributed by atoms with Crippen molar-refractivity contribution in [2.45, 2.75) is 46.6 Å². The number of benzene rings is 2. The number of nitrogens with zero attached hydrogens (tertiary/aromatic N) is 3. The first-order valence-electron chi connectivity index (χ1n) is 9.74. The van der Waals surface area contributed by atoms with Gasteiger partial charge in [-0.2, -0.15) is 0 Å². The van der Waals surface area contributed by atoms with E-state index in [1.807, 2.05) is 0 Å². The summed E-state index contributed by atoms with van der Waals surface area (Å²) in [5.74, 6) is 0. The van der Waals surface area contributed by atoms with Crippen molar-refractivity contribution in [3.63, 3.8) is 0 Å². The maximum atomic E-state index is 11.1. The number of nitro benzene ring substituents is 1. The van der Waals surface area contributed by atoms with Crippen LogP contribution in [0.5, 0.6) is 0 Å². The molecule has 0 amide bonds. The first-order valence-corrected chi connectivity index (χ1v) is 10.1. The zero-order chi connectivity index (χ0) is 21.3. The number of aliphatic imine (C=N–C) groups is 1. The van der Waals surface area contributed by atoms with Gasteiger partial charge in [0.05, 0.1) is 16.1 Å². The van der Waals surface area contributed by atoms with Gasteiger partial charge >= 0.3 is 0 Å². The van der Waals surface area contributed by atoms with Gasteiger partial charge in [0.1, 0.15) is 5.02 Å². The van der Waals surface area contributed by atoms with Crippen LogP contribution in [0, 0.1) is 17.0 Å². The molecule has 0 saturated carbocycles. The van der Waals surface area contributed by atoms with Gasteiger partial charge in [0.2, 0.25) is 0 Å². The van der Waals surface area contributed by atoms with Crippen LogP contribution in [0.25, 0.3) is 5.57 Å². The Hall–Kier alpha value is -2.66. The molecular weight excluding hydrogens is 386 g/mol. The average molecular weight is 412 g/mol. The van der Waals surface area contributed by atoms with Gasteiger partial charge in [0.15, 0.2) is 0 Å². The second-order valence-corrected chi connectivity index (χ2v) is 8.42. The zero-order valence-electron chi connectivity index (χ0n) is 17.5. The van der Waals surface area contributed by atoms with Crippen LogP contribution >= 0.6 is 11.6 Å². The zero-order valence-corrected chi connectivity index (χ0v) is 18.2. The van der Waals surface area contributed by atoms with Gasteiger partial charge in [-0.05, 0) is 75.1 Å². The maximum Gasteiger partial charge on any atom is 0.290 e. The van der Waals surface area contributed by atoms with Gasteiger partial charge in [-0.15, -0.1) is 0 Å². The normalized spacial score (nSPS) is 15.4. The van der Waals surface area contributed by atoms with Crippen LogP contribution in [-0.4, -0.2) is 23.2 Å². The van der Waals surface area contributed by atoms with Crippen molar-refractivity contribution < 1.29 is 4.92 Å². The fourth-order valence-corrected chi connectivity index (χ4v) is 4.07. The summed E-state index contributed by atoms with van der Waals surface area (Å²) in [6, 6.07) is 8.94. The Balaban J connectivity index is 2.01. The van der Waals surface area contributed by atoms with Crippen LogP contribution in [0.1, 0.15) is 50.8 Å². The predicted molar refractivity (Wildman–Crippen MR) is 122 cm³/mol. The van der Waals surface area contributed by atoms with Gasteiger partial charge in [-0.1, -0.05) is 24.6 Å². The van der Waals surface area contributed by atoms with E-state index in [1.54, 1.807) is 12.3 Å². The van der Waals surface area contributed by atoms with E-state index in [1.165, 1.54) is 29.0 Å². The number of aryl methyl sites for hydroxylation is 1. The summed E-state index contributed by atoms with van der Waals surface area (Å²) in [4.78, 5) is 17.5. The minimum absolute atomic E-state index is 0.0304. The first-order chi connectivity index (χ1) is 13.6.